The fourth-order valence-electron chi connectivity index (χ4n) is 1.72. The first-order chi connectivity index (χ1) is 11.0. The average Bonchev–Trinajstić information content (AvgIpc) is 2.94. The Balaban J connectivity index is 2.20. The quantitative estimate of drug-likeness (QED) is 0.608. The minimum absolute atomic E-state index is 0.0150. The lowest BCUT2D eigenvalue weighted by molar-refractivity contribution is 0.372. The second kappa shape index (κ2) is 7.15. The summed E-state index contributed by atoms with van der Waals surface area (Å²) in [7, 11) is 1.46. The minimum atomic E-state index is 0.0150. The molecule has 0 fully saturated rings. The van der Waals surface area contributed by atoms with Crippen molar-refractivity contribution >= 4 is 28.0 Å². The Bertz CT molecular complexity index is 778. The van der Waals surface area contributed by atoms with Gasteiger partial charge in [-0.1, -0.05) is 13.8 Å². The van der Waals surface area contributed by atoms with Gasteiger partial charge in [-0.05, 0) is 33.6 Å². The predicted octanol–water partition coefficient (Wildman–Crippen LogP) is 3.59. The van der Waals surface area contributed by atoms with E-state index in [-0.39, 0.29) is 23.2 Å². The molecule has 8 heteroatoms. The third-order valence-electron chi connectivity index (χ3n) is 2.89. The highest BCUT2D eigenvalue weighted by Crippen LogP contribution is 2.34. The molecule has 1 aromatic heterocycles. The molecular formula is C15H15BrN4O3. The number of hydrogen-bond acceptors (Lipinski definition) is 7. The highest BCUT2D eigenvalue weighted by atomic mass is 79.9. The highest BCUT2D eigenvalue weighted by molar-refractivity contribution is 9.10. The van der Waals surface area contributed by atoms with Gasteiger partial charge in [0.1, 0.15) is 6.07 Å². The molecule has 1 aromatic carbocycles. The van der Waals surface area contributed by atoms with Gasteiger partial charge < -0.3 is 14.3 Å². The van der Waals surface area contributed by atoms with Crippen LogP contribution in [0.4, 0.5) is 5.88 Å². The van der Waals surface area contributed by atoms with E-state index in [0.29, 0.717) is 21.7 Å². The summed E-state index contributed by atoms with van der Waals surface area (Å²) < 4.78 is 11.0. The van der Waals surface area contributed by atoms with Gasteiger partial charge in [0.25, 0.3) is 5.88 Å². The van der Waals surface area contributed by atoms with Gasteiger partial charge in [-0.3, -0.25) is 0 Å². The van der Waals surface area contributed by atoms with Crippen LogP contribution in [-0.4, -0.2) is 23.4 Å². The van der Waals surface area contributed by atoms with Crippen molar-refractivity contribution in [1.82, 2.24) is 4.98 Å². The van der Waals surface area contributed by atoms with Crippen molar-refractivity contribution in [3.05, 3.63) is 33.8 Å². The van der Waals surface area contributed by atoms with Gasteiger partial charge in [0.05, 0.1) is 17.8 Å². The summed E-state index contributed by atoms with van der Waals surface area (Å²) in [5, 5.41) is 22.8. The van der Waals surface area contributed by atoms with E-state index in [2.05, 4.69) is 31.4 Å². The summed E-state index contributed by atoms with van der Waals surface area (Å²) in [5.41, 5.74) is 3.49. The van der Waals surface area contributed by atoms with Crippen LogP contribution in [0.15, 0.2) is 26.1 Å². The molecule has 23 heavy (non-hydrogen) atoms. The van der Waals surface area contributed by atoms with Crippen LogP contribution in [0.5, 0.6) is 11.5 Å². The summed E-state index contributed by atoms with van der Waals surface area (Å²) in [6.45, 7) is 3.83. The number of hydrogen-bond donors (Lipinski definition) is 2. The zero-order valence-corrected chi connectivity index (χ0v) is 14.4. The molecule has 0 aliphatic rings. The fourth-order valence-corrected chi connectivity index (χ4v) is 2.18. The number of aromatic hydroxyl groups is 1. The number of anilines is 1. The number of benzene rings is 1. The normalized spacial score (nSPS) is 11.0. The predicted molar refractivity (Wildman–Crippen MR) is 88.9 cm³/mol. The molecule has 0 saturated carbocycles. The van der Waals surface area contributed by atoms with Crippen molar-refractivity contribution < 1.29 is 14.3 Å². The molecule has 1 heterocycles. The van der Waals surface area contributed by atoms with Crippen LogP contribution in [-0.2, 0) is 0 Å². The number of ether oxygens (including phenoxy) is 1. The Kier molecular flexibility index (Phi) is 5.24. The monoisotopic (exact) mass is 378 g/mol. The van der Waals surface area contributed by atoms with Crippen molar-refractivity contribution in [2.75, 3.05) is 12.5 Å². The van der Waals surface area contributed by atoms with Crippen molar-refractivity contribution in [2.45, 2.75) is 19.8 Å². The number of nitriles is 1. The molecule has 2 rings (SSSR count). The van der Waals surface area contributed by atoms with Crippen LogP contribution in [0, 0.1) is 11.3 Å². The molecule has 0 aliphatic heterocycles. The molecular weight excluding hydrogens is 364 g/mol. The zero-order valence-electron chi connectivity index (χ0n) is 12.8. The topological polar surface area (TPSA) is 104 Å². The summed E-state index contributed by atoms with van der Waals surface area (Å²) in [5.74, 6) is 1.06. The number of phenols is 1. The van der Waals surface area contributed by atoms with Gasteiger partial charge in [-0.25, -0.2) is 10.4 Å². The number of nitrogens with zero attached hydrogens (tertiary/aromatic N) is 3. The molecule has 0 aliphatic carbocycles. The van der Waals surface area contributed by atoms with E-state index in [1.165, 1.54) is 13.3 Å². The zero-order chi connectivity index (χ0) is 17.0. The van der Waals surface area contributed by atoms with Crippen LogP contribution < -0.4 is 10.2 Å². The van der Waals surface area contributed by atoms with Crippen molar-refractivity contribution in [3.8, 4) is 17.6 Å². The van der Waals surface area contributed by atoms with Crippen molar-refractivity contribution in [3.63, 3.8) is 0 Å². The molecule has 0 saturated heterocycles. The molecule has 7 nitrogen and oxygen atoms in total. The first-order valence-corrected chi connectivity index (χ1v) is 7.52. The Morgan fingerprint density at radius 2 is 2.26 bits per heavy atom. The number of nitrogens with one attached hydrogen (secondary N) is 1. The van der Waals surface area contributed by atoms with Crippen LogP contribution in [0.1, 0.15) is 36.9 Å². The first kappa shape index (κ1) is 16.8. The van der Waals surface area contributed by atoms with E-state index in [1.807, 2.05) is 19.9 Å². The number of halogens is 1. The van der Waals surface area contributed by atoms with Crippen LogP contribution in [0.2, 0.25) is 0 Å². The maximum absolute atomic E-state index is 9.76. The molecule has 2 N–H and O–H groups in total. The van der Waals surface area contributed by atoms with Gasteiger partial charge in [0.2, 0.25) is 11.6 Å². The standard InChI is InChI=1S/C15H15BrN4O3/c1-8(2)14-19-11(6-17)15(23-14)20-18-7-9-4-10(16)13(21)12(5-9)22-3/h4-5,7-8,20-21H,1-3H3. The second-order valence-corrected chi connectivity index (χ2v) is 5.77. The molecule has 0 bridgehead atoms. The molecule has 0 atom stereocenters. The van der Waals surface area contributed by atoms with Gasteiger partial charge in [-0.15, -0.1) is 0 Å². The lowest BCUT2D eigenvalue weighted by Gasteiger charge is -2.06. The first-order valence-electron chi connectivity index (χ1n) is 6.72. The number of rotatable bonds is 5. The third kappa shape index (κ3) is 3.81. The van der Waals surface area contributed by atoms with Crippen molar-refractivity contribution in [2.24, 2.45) is 5.10 Å². The van der Waals surface area contributed by atoms with E-state index in [1.54, 1.807) is 12.1 Å². The Morgan fingerprint density at radius 1 is 1.52 bits per heavy atom. The van der Waals surface area contributed by atoms with Crippen LogP contribution in [0.3, 0.4) is 0 Å². The Labute approximate surface area is 141 Å². The summed E-state index contributed by atoms with van der Waals surface area (Å²) >= 11 is 3.23. The van der Waals surface area contributed by atoms with Gasteiger partial charge >= 0.3 is 0 Å². The molecule has 0 unspecified atom stereocenters. The number of aromatic nitrogens is 1. The lowest BCUT2D eigenvalue weighted by atomic mass is 10.2. The SMILES string of the molecule is COc1cc(C=NNc2oc(C(C)C)nc2C#N)cc(Br)c1O. The van der Waals surface area contributed by atoms with Crippen LogP contribution >= 0.6 is 15.9 Å². The largest absolute Gasteiger partial charge is 0.503 e. The van der Waals surface area contributed by atoms with E-state index >= 15 is 0 Å². The maximum atomic E-state index is 9.76. The van der Waals surface area contributed by atoms with E-state index in [9.17, 15) is 5.11 Å². The summed E-state index contributed by atoms with van der Waals surface area (Å²) in [6.07, 6.45) is 1.51. The highest BCUT2D eigenvalue weighted by Gasteiger charge is 2.14. The Hall–Kier alpha value is -2.53. The molecule has 120 valence electrons. The third-order valence-corrected chi connectivity index (χ3v) is 3.50. The van der Waals surface area contributed by atoms with Gasteiger partial charge in [0.15, 0.2) is 11.5 Å². The molecule has 0 radical (unpaired) electrons. The summed E-state index contributed by atoms with van der Waals surface area (Å²) in [6, 6.07) is 5.25. The molecule has 0 amide bonds. The summed E-state index contributed by atoms with van der Waals surface area (Å²) in [4.78, 5) is 4.08. The smallest absolute Gasteiger partial charge is 0.252 e. The van der Waals surface area contributed by atoms with E-state index in [0.717, 1.165) is 0 Å². The molecule has 2 aromatic rings. The van der Waals surface area contributed by atoms with E-state index in [4.69, 9.17) is 14.4 Å². The number of hydrazone groups is 1. The fraction of sp³-hybridized carbons (Fsp3) is 0.267. The van der Waals surface area contributed by atoms with Gasteiger partial charge in [0, 0.05) is 5.92 Å². The second-order valence-electron chi connectivity index (χ2n) is 4.92. The number of phenolic OH excluding ortho intramolecular Hbond substituents is 1. The number of oxazole rings is 1. The maximum Gasteiger partial charge on any atom is 0.252 e. The van der Waals surface area contributed by atoms with E-state index < -0.39 is 0 Å². The van der Waals surface area contributed by atoms with Crippen molar-refractivity contribution in [1.29, 1.82) is 5.26 Å². The Morgan fingerprint density at radius 3 is 2.87 bits per heavy atom. The lowest BCUT2D eigenvalue weighted by Crippen LogP contribution is -1.93. The minimum Gasteiger partial charge on any atom is -0.503 e. The van der Waals surface area contributed by atoms with Crippen LogP contribution in [0.25, 0.3) is 0 Å². The molecule has 0 spiro atoms. The number of methoxy groups -OCH3 is 1. The van der Waals surface area contributed by atoms with Gasteiger partial charge in [-0.2, -0.15) is 10.4 Å². The average molecular weight is 379 g/mol.